The first-order valence-electron chi connectivity index (χ1n) is 5.37. The molecule has 0 amide bonds. The summed E-state index contributed by atoms with van der Waals surface area (Å²) in [5, 5.41) is 0. The maximum atomic E-state index is 11.3. The molecule has 0 fully saturated rings. The Morgan fingerprint density at radius 2 is 2.00 bits per heavy atom. The number of thiophene rings is 1. The lowest BCUT2D eigenvalue weighted by Gasteiger charge is -2.07. The lowest BCUT2D eigenvalue weighted by atomic mass is 10.1. The van der Waals surface area contributed by atoms with Crippen LogP contribution in [0.2, 0.25) is 0 Å². The molecular weight excluding hydrogens is 232 g/mol. The van der Waals surface area contributed by atoms with E-state index in [9.17, 15) is 4.79 Å². The highest BCUT2D eigenvalue weighted by Crippen LogP contribution is 2.35. The second kappa shape index (κ2) is 4.72. The monoisotopic (exact) mass is 246 g/mol. The van der Waals surface area contributed by atoms with Gasteiger partial charge in [0.2, 0.25) is 0 Å². The predicted molar refractivity (Wildman–Crippen MR) is 71.0 cm³/mol. The van der Waals surface area contributed by atoms with Crippen molar-refractivity contribution in [3.8, 4) is 16.2 Å². The van der Waals surface area contributed by atoms with Crippen LogP contribution in [0.1, 0.15) is 22.2 Å². The van der Waals surface area contributed by atoms with E-state index in [0.717, 1.165) is 21.1 Å². The Balaban J connectivity index is 2.51. The zero-order valence-corrected chi connectivity index (χ0v) is 10.9. The van der Waals surface area contributed by atoms with Crippen molar-refractivity contribution in [1.82, 2.24) is 0 Å². The van der Waals surface area contributed by atoms with Crippen LogP contribution in [0.4, 0.5) is 0 Å². The van der Waals surface area contributed by atoms with E-state index < -0.39 is 0 Å². The van der Waals surface area contributed by atoms with Gasteiger partial charge in [0.25, 0.3) is 0 Å². The van der Waals surface area contributed by atoms with Gasteiger partial charge in [0.1, 0.15) is 5.75 Å². The number of ether oxygens (including phenoxy) is 1. The number of carbonyl (C=O) groups excluding carboxylic acids is 1. The molecule has 1 heterocycles. The molecule has 0 aliphatic rings. The third-order valence-corrected chi connectivity index (χ3v) is 3.79. The Hall–Kier alpha value is -1.61. The first-order chi connectivity index (χ1) is 8.11. The normalized spacial score (nSPS) is 10.3. The van der Waals surface area contributed by atoms with Gasteiger partial charge in [-0.05, 0) is 38.1 Å². The lowest BCUT2D eigenvalue weighted by Crippen LogP contribution is -1.87. The van der Waals surface area contributed by atoms with E-state index in [1.54, 1.807) is 14.0 Å². The maximum absolute atomic E-state index is 11.3. The van der Waals surface area contributed by atoms with Crippen LogP contribution >= 0.6 is 11.3 Å². The quantitative estimate of drug-likeness (QED) is 0.767. The van der Waals surface area contributed by atoms with E-state index in [4.69, 9.17) is 4.74 Å². The highest BCUT2D eigenvalue weighted by Gasteiger charge is 2.10. The summed E-state index contributed by atoms with van der Waals surface area (Å²) in [6, 6.07) is 9.89. The Labute approximate surface area is 105 Å². The van der Waals surface area contributed by atoms with E-state index in [1.807, 2.05) is 31.2 Å². The van der Waals surface area contributed by atoms with Gasteiger partial charge in [-0.3, -0.25) is 4.79 Å². The molecule has 0 radical (unpaired) electrons. The lowest BCUT2D eigenvalue weighted by molar-refractivity contribution is 0.102. The molecule has 17 heavy (non-hydrogen) atoms. The Bertz CT molecular complexity index is 555. The Morgan fingerprint density at radius 3 is 2.59 bits per heavy atom. The predicted octanol–water partition coefficient (Wildman–Crippen LogP) is 3.93. The summed E-state index contributed by atoms with van der Waals surface area (Å²) < 4.78 is 5.35. The standard InChI is InChI=1S/C14H14O2S/c1-9-4-5-12(16-3)11(8-9)14-7-6-13(17-14)10(2)15/h4-8H,1-3H3. The first kappa shape index (κ1) is 11.9. The summed E-state index contributed by atoms with van der Waals surface area (Å²) in [5.74, 6) is 0.945. The van der Waals surface area contributed by atoms with Crippen molar-refractivity contribution >= 4 is 17.1 Å². The molecule has 0 unspecified atom stereocenters. The number of benzene rings is 1. The van der Waals surface area contributed by atoms with Crippen LogP contribution in [0.3, 0.4) is 0 Å². The van der Waals surface area contributed by atoms with Gasteiger partial charge in [-0.25, -0.2) is 0 Å². The number of aryl methyl sites for hydroxylation is 1. The third-order valence-electron chi connectivity index (χ3n) is 2.57. The molecule has 0 N–H and O–H groups in total. The van der Waals surface area contributed by atoms with E-state index in [1.165, 1.54) is 16.9 Å². The van der Waals surface area contributed by atoms with Crippen molar-refractivity contribution in [2.45, 2.75) is 13.8 Å². The summed E-state index contributed by atoms with van der Waals surface area (Å²) in [7, 11) is 1.66. The van der Waals surface area contributed by atoms with E-state index in [2.05, 4.69) is 6.07 Å². The van der Waals surface area contributed by atoms with Crippen LogP contribution in [0, 0.1) is 6.92 Å². The zero-order valence-electron chi connectivity index (χ0n) is 10.1. The molecule has 3 heteroatoms. The van der Waals surface area contributed by atoms with Gasteiger partial charge in [0, 0.05) is 10.4 Å². The van der Waals surface area contributed by atoms with Gasteiger partial charge in [0.15, 0.2) is 5.78 Å². The molecule has 1 aromatic carbocycles. The molecule has 1 aromatic heterocycles. The Kier molecular flexibility index (Phi) is 3.29. The minimum Gasteiger partial charge on any atom is -0.496 e. The van der Waals surface area contributed by atoms with Crippen LogP contribution < -0.4 is 4.74 Å². The SMILES string of the molecule is COc1ccc(C)cc1-c1ccc(C(C)=O)s1. The average molecular weight is 246 g/mol. The number of ketones is 1. The van der Waals surface area contributed by atoms with Crippen LogP contribution in [-0.2, 0) is 0 Å². The molecule has 88 valence electrons. The second-order valence-corrected chi connectivity index (χ2v) is 5.01. The number of carbonyl (C=O) groups is 1. The van der Waals surface area contributed by atoms with Gasteiger partial charge in [-0.2, -0.15) is 0 Å². The van der Waals surface area contributed by atoms with Crippen molar-refractivity contribution < 1.29 is 9.53 Å². The van der Waals surface area contributed by atoms with Crippen molar-refractivity contribution in [3.63, 3.8) is 0 Å². The van der Waals surface area contributed by atoms with Crippen molar-refractivity contribution in [2.24, 2.45) is 0 Å². The third kappa shape index (κ3) is 2.39. The molecule has 0 spiro atoms. The number of methoxy groups -OCH3 is 1. The number of rotatable bonds is 3. The minimum absolute atomic E-state index is 0.105. The maximum Gasteiger partial charge on any atom is 0.169 e. The van der Waals surface area contributed by atoms with Gasteiger partial charge in [-0.1, -0.05) is 11.6 Å². The number of hydrogen-bond donors (Lipinski definition) is 0. The van der Waals surface area contributed by atoms with E-state index >= 15 is 0 Å². The first-order valence-corrected chi connectivity index (χ1v) is 6.19. The average Bonchev–Trinajstić information content (AvgIpc) is 2.78. The molecule has 0 bridgehead atoms. The number of hydrogen-bond acceptors (Lipinski definition) is 3. The molecule has 0 saturated carbocycles. The molecule has 0 aliphatic heterocycles. The van der Waals surface area contributed by atoms with Crippen LogP contribution in [-0.4, -0.2) is 12.9 Å². The van der Waals surface area contributed by atoms with Gasteiger partial charge in [0.05, 0.1) is 12.0 Å². The highest BCUT2D eigenvalue weighted by atomic mass is 32.1. The van der Waals surface area contributed by atoms with Gasteiger partial charge in [-0.15, -0.1) is 11.3 Å². The topological polar surface area (TPSA) is 26.3 Å². The fourth-order valence-electron chi connectivity index (χ4n) is 1.69. The summed E-state index contributed by atoms with van der Waals surface area (Å²) >= 11 is 1.50. The summed E-state index contributed by atoms with van der Waals surface area (Å²) in [5.41, 5.74) is 2.23. The van der Waals surface area contributed by atoms with Gasteiger partial charge >= 0.3 is 0 Å². The summed E-state index contributed by atoms with van der Waals surface area (Å²) in [4.78, 5) is 13.1. The molecule has 2 rings (SSSR count). The second-order valence-electron chi connectivity index (χ2n) is 3.92. The van der Waals surface area contributed by atoms with Crippen molar-refractivity contribution in [1.29, 1.82) is 0 Å². The number of Topliss-reactive ketones (excluding diaryl/α,β-unsaturated/α-hetero) is 1. The fraction of sp³-hybridized carbons (Fsp3) is 0.214. The van der Waals surface area contributed by atoms with Gasteiger partial charge < -0.3 is 4.74 Å². The Morgan fingerprint density at radius 1 is 1.24 bits per heavy atom. The van der Waals surface area contributed by atoms with Crippen LogP contribution in [0.5, 0.6) is 5.75 Å². The highest BCUT2D eigenvalue weighted by molar-refractivity contribution is 7.17. The molecule has 0 aliphatic carbocycles. The summed E-state index contributed by atoms with van der Waals surface area (Å²) in [6.07, 6.45) is 0. The van der Waals surface area contributed by atoms with Crippen LogP contribution in [0.25, 0.3) is 10.4 Å². The smallest absolute Gasteiger partial charge is 0.169 e. The zero-order chi connectivity index (χ0) is 12.4. The molecule has 0 saturated heterocycles. The van der Waals surface area contributed by atoms with E-state index in [0.29, 0.717) is 0 Å². The molecule has 2 aromatic rings. The summed E-state index contributed by atoms with van der Waals surface area (Å²) in [6.45, 7) is 3.63. The van der Waals surface area contributed by atoms with Crippen molar-refractivity contribution in [3.05, 3.63) is 40.8 Å². The van der Waals surface area contributed by atoms with Crippen LogP contribution in [0.15, 0.2) is 30.3 Å². The molecular formula is C14H14O2S. The molecule has 0 atom stereocenters. The molecule has 2 nitrogen and oxygen atoms in total. The largest absolute Gasteiger partial charge is 0.496 e. The van der Waals surface area contributed by atoms with Crippen molar-refractivity contribution in [2.75, 3.05) is 7.11 Å². The van der Waals surface area contributed by atoms with E-state index in [-0.39, 0.29) is 5.78 Å². The minimum atomic E-state index is 0.105. The fourth-order valence-corrected chi connectivity index (χ4v) is 2.61.